The quantitative estimate of drug-likeness (QED) is 0.741. The molecule has 0 saturated heterocycles. The zero-order chi connectivity index (χ0) is 17.6. The van der Waals surface area contributed by atoms with Crippen molar-refractivity contribution in [1.29, 1.82) is 0 Å². The summed E-state index contributed by atoms with van der Waals surface area (Å²) in [7, 11) is 3.13. The SMILES string of the molecule is COc1cc(F)ccc1-c1nn2c(C)cc(C(C)C)c2c(=O)n1C. The van der Waals surface area contributed by atoms with Crippen molar-refractivity contribution >= 4 is 5.52 Å². The van der Waals surface area contributed by atoms with E-state index in [1.165, 1.54) is 23.8 Å². The van der Waals surface area contributed by atoms with Crippen LogP contribution in [-0.2, 0) is 7.05 Å². The van der Waals surface area contributed by atoms with Crippen molar-refractivity contribution in [3.63, 3.8) is 0 Å². The van der Waals surface area contributed by atoms with Gasteiger partial charge in [-0.05, 0) is 36.6 Å². The third kappa shape index (κ3) is 2.38. The van der Waals surface area contributed by atoms with Crippen molar-refractivity contribution in [1.82, 2.24) is 14.2 Å². The first-order valence-corrected chi connectivity index (χ1v) is 7.78. The monoisotopic (exact) mass is 329 g/mol. The van der Waals surface area contributed by atoms with Gasteiger partial charge in [0, 0.05) is 18.8 Å². The van der Waals surface area contributed by atoms with Gasteiger partial charge in [0.25, 0.3) is 5.56 Å². The maximum Gasteiger partial charge on any atom is 0.278 e. The lowest BCUT2D eigenvalue weighted by Crippen LogP contribution is -2.24. The fourth-order valence-electron chi connectivity index (χ4n) is 2.94. The molecule has 0 aliphatic carbocycles. The van der Waals surface area contributed by atoms with Crippen molar-refractivity contribution in [2.45, 2.75) is 26.7 Å². The summed E-state index contributed by atoms with van der Waals surface area (Å²) in [4.78, 5) is 12.9. The van der Waals surface area contributed by atoms with E-state index >= 15 is 0 Å². The van der Waals surface area contributed by atoms with Crippen LogP contribution in [0.2, 0.25) is 0 Å². The van der Waals surface area contributed by atoms with Crippen LogP contribution in [0.25, 0.3) is 16.9 Å². The maximum absolute atomic E-state index is 13.5. The molecule has 126 valence electrons. The minimum absolute atomic E-state index is 0.136. The number of halogens is 1. The van der Waals surface area contributed by atoms with Crippen LogP contribution in [0.4, 0.5) is 4.39 Å². The summed E-state index contributed by atoms with van der Waals surface area (Å²) in [6.45, 7) is 6.01. The van der Waals surface area contributed by atoms with Gasteiger partial charge in [0.05, 0.1) is 12.7 Å². The predicted molar refractivity (Wildman–Crippen MR) is 91.2 cm³/mol. The Morgan fingerprint density at radius 2 is 1.96 bits per heavy atom. The van der Waals surface area contributed by atoms with Gasteiger partial charge in [-0.1, -0.05) is 13.8 Å². The number of fused-ring (bicyclic) bond motifs is 1. The molecule has 24 heavy (non-hydrogen) atoms. The van der Waals surface area contributed by atoms with Crippen molar-refractivity contribution in [3.05, 3.63) is 51.7 Å². The maximum atomic E-state index is 13.5. The second-order valence-electron chi connectivity index (χ2n) is 6.19. The first-order chi connectivity index (χ1) is 11.3. The molecule has 0 saturated carbocycles. The Bertz CT molecular complexity index is 986. The molecule has 2 aromatic heterocycles. The Kier molecular flexibility index (Phi) is 3.91. The molecule has 2 heterocycles. The molecule has 0 spiro atoms. The van der Waals surface area contributed by atoms with Gasteiger partial charge in [0.1, 0.15) is 17.1 Å². The molecule has 0 amide bonds. The van der Waals surface area contributed by atoms with Gasteiger partial charge in [0.2, 0.25) is 0 Å². The van der Waals surface area contributed by atoms with Crippen molar-refractivity contribution < 1.29 is 9.13 Å². The van der Waals surface area contributed by atoms with E-state index in [-0.39, 0.29) is 11.5 Å². The van der Waals surface area contributed by atoms with Gasteiger partial charge >= 0.3 is 0 Å². The smallest absolute Gasteiger partial charge is 0.278 e. The fourth-order valence-corrected chi connectivity index (χ4v) is 2.94. The number of benzene rings is 1. The summed E-state index contributed by atoms with van der Waals surface area (Å²) in [5.74, 6) is 0.583. The second kappa shape index (κ2) is 5.78. The molecule has 0 radical (unpaired) electrons. The Labute approximate surface area is 139 Å². The zero-order valence-corrected chi connectivity index (χ0v) is 14.4. The minimum Gasteiger partial charge on any atom is -0.496 e. The van der Waals surface area contributed by atoms with Crippen LogP contribution in [0.5, 0.6) is 5.75 Å². The molecule has 0 N–H and O–H groups in total. The zero-order valence-electron chi connectivity index (χ0n) is 14.4. The number of aromatic nitrogens is 3. The molecule has 0 bridgehead atoms. The molecule has 0 atom stereocenters. The molecule has 3 aromatic rings. The molecular formula is C18H20FN3O2. The number of rotatable bonds is 3. The third-order valence-corrected chi connectivity index (χ3v) is 4.23. The van der Waals surface area contributed by atoms with Crippen LogP contribution in [0.15, 0.2) is 29.1 Å². The Morgan fingerprint density at radius 1 is 1.25 bits per heavy atom. The van der Waals surface area contributed by atoms with Gasteiger partial charge in [-0.25, -0.2) is 8.91 Å². The molecule has 0 fully saturated rings. The number of hydrogen-bond donors (Lipinski definition) is 0. The second-order valence-corrected chi connectivity index (χ2v) is 6.19. The van der Waals surface area contributed by atoms with Crippen LogP contribution in [0, 0.1) is 12.7 Å². The van der Waals surface area contributed by atoms with Crippen molar-refractivity contribution in [2.24, 2.45) is 7.05 Å². The Morgan fingerprint density at radius 3 is 2.58 bits per heavy atom. The highest BCUT2D eigenvalue weighted by Gasteiger charge is 2.19. The van der Waals surface area contributed by atoms with Crippen LogP contribution in [-0.4, -0.2) is 21.3 Å². The standard InChI is InChI=1S/C18H20FN3O2/c1-10(2)14-8-11(3)22-16(14)18(23)21(4)17(20-22)13-7-6-12(19)9-15(13)24-5/h6-10H,1-5H3. The van der Waals surface area contributed by atoms with Crippen molar-refractivity contribution in [3.8, 4) is 17.1 Å². The number of hydrogen-bond acceptors (Lipinski definition) is 3. The summed E-state index contributed by atoms with van der Waals surface area (Å²) >= 11 is 0. The fraction of sp³-hybridized carbons (Fsp3) is 0.333. The summed E-state index contributed by atoms with van der Waals surface area (Å²) in [5.41, 5.74) is 2.87. The summed E-state index contributed by atoms with van der Waals surface area (Å²) in [6, 6.07) is 6.17. The summed E-state index contributed by atoms with van der Waals surface area (Å²) in [6.07, 6.45) is 0. The largest absolute Gasteiger partial charge is 0.496 e. The number of aryl methyl sites for hydroxylation is 1. The highest BCUT2D eigenvalue weighted by Crippen LogP contribution is 2.29. The van der Waals surface area contributed by atoms with Crippen LogP contribution in [0.1, 0.15) is 31.0 Å². The van der Waals surface area contributed by atoms with E-state index in [9.17, 15) is 9.18 Å². The lowest BCUT2D eigenvalue weighted by atomic mass is 10.1. The molecule has 1 aromatic carbocycles. The Balaban J connectivity index is 2.38. The first kappa shape index (κ1) is 16.2. The minimum atomic E-state index is -0.402. The molecule has 5 nitrogen and oxygen atoms in total. The lowest BCUT2D eigenvalue weighted by molar-refractivity contribution is 0.412. The third-order valence-electron chi connectivity index (χ3n) is 4.23. The van der Waals surface area contributed by atoms with Crippen LogP contribution >= 0.6 is 0 Å². The number of nitrogens with zero attached hydrogens (tertiary/aromatic N) is 3. The van der Waals surface area contributed by atoms with Crippen LogP contribution < -0.4 is 10.3 Å². The van der Waals surface area contributed by atoms with Gasteiger partial charge in [-0.2, -0.15) is 0 Å². The van der Waals surface area contributed by atoms with Gasteiger partial charge in [-0.15, -0.1) is 5.10 Å². The van der Waals surface area contributed by atoms with E-state index in [1.807, 2.05) is 26.8 Å². The van der Waals surface area contributed by atoms with Crippen LogP contribution in [0.3, 0.4) is 0 Å². The average Bonchev–Trinajstić information content (AvgIpc) is 2.88. The first-order valence-electron chi connectivity index (χ1n) is 7.78. The number of methoxy groups -OCH3 is 1. The van der Waals surface area contributed by atoms with E-state index in [0.717, 1.165) is 11.3 Å². The van der Waals surface area contributed by atoms with E-state index in [2.05, 4.69) is 5.10 Å². The molecule has 0 aliphatic rings. The van der Waals surface area contributed by atoms with E-state index in [4.69, 9.17) is 4.74 Å². The number of ether oxygens (including phenoxy) is 1. The molecule has 0 unspecified atom stereocenters. The molecule has 0 aliphatic heterocycles. The normalized spacial score (nSPS) is 11.5. The molecule has 6 heteroatoms. The van der Waals surface area contributed by atoms with E-state index in [1.54, 1.807) is 17.6 Å². The van der Waals surface area contributed by atoms with E-state index < -0.39 is 5.82 Å². The van der Waals surface area contributed by atoms with E-state index in [0.29, 0.717) is 22.7 Å². The summed E-state index contributed by atoms with van der Waals surface area (Å²) in [5, 5.41) is 4.62. The van der Waals surface area contributed by atoms with Gasteiger partial charge in [-0.3, -0.25) is 9.36 Å². The van der Waals surface area contributed by atoms with Gasteiger partial charge in [0.15, 0.2) is 5.82 Å². The molecular weight excluding hydrogens is 309 g/mol. The molecule has 3 rings (SSSR count). The predicted octanol–water partition coefficient (Wildman–Crippen LogP) is 3.28. The lowest BCUT2D eigenvalue weighted by Gasteiger charge is -2.13. The highest BCUT2D eigenvalue weighted by atomic mass is 19.1. The van der Waals surface area contributed by atoms with Gasteiger partial charge < -0.3 is 4.74 Å². The average molecular weight is 329 g/mol. The topological polar surface area (TPSA) is 48.5 Å². The Hall–Kier alpha value is -2.63. The van der Waals surface area contributed by atoms with Crippen molar-refractivity contribution in [2.75, 3.05) is 7.11 Å². The highest BCUT2D eigenvalue weighted by molar-refractivity contribution is 5.66. The summed E-state index contributed by atoms with van der Waals surface area (Å²) < 4.78 is 21.9.